The van der Waals surface area contributed by atoms with E-state index in [-0.39, 0.29) is 18.3 Å². The zero-order valence-corrected chi connectivity index (χ0v) is 10.7. The van der Waals surface area contributed by atoms with Gasteiger partial charge in [-0.3, -0.25) is 4.90 Å². The molecule has 0 bridgehead atoms. The fourth-order valence-electron chi connectivity index (χ4n) is 3.01. The maximum Gasteiger partial charge on any atom is 0.130 e. The van der Waals surface area contributed by atoms with Gasteiger partial charge in [0.05, 0.1) is 13.2 Å². The van der Waals surface area contributed by atoms with E-state index in [1.807, 2.05) is 6.07 Å². The predicted octanol–water partition coefficient (Wildman–Crippen LogP) is 0.861. The van der Waals surface area contributed by atoms with E-state index in [0.29, 0.717) is 37.4 Å². The van der Waals surface area contributed by atoms with Crippen LogP contribution >= 0.6 is 0 Å². The zero-order valence-electron chi connectivity index (χ0n) is 10.7. The Balaban J connectivity index is 1.83. The summed E-state index contributed by atoms with van der Waals surface area (Å²) in [5.41, 5.74) is 1.70. The van der Waals surface area contributed by atoms with E-state index < -0.39 is 6.23 Å². The van der Waals surface area contributed by atoms with Gasteiger partial charge in [0.1, 0.15) is 17.8 Å². The third-order valence-corrected chi connectivity index (χ3v) is 4.01. The van der Waals surface area contributed by atoms with E-state index in [4.69, 9.17) is 9.84 Å². The van der Waals surface area contributed by atoms with Crippen molar-refractivity contribution in [2.24, 2.45) is 0 Å². The first-order chi connectivity index (χ1) is 9.19. The van der Waals surface area contributed by atoms with Gasteiger partial charge in [0.25, 0.3) is 0 Å². The van der Waals surface area contributed by atoms with Crippen molar-refractivity contribution >= 4 is 0 Å². The number of β-amino-alcohol motifs (C(OH)–C–C–N with tert-alkyl or cyclic N) is 1. The van der Waals surface area contributed by atoms with E-state index in [1.165, 1.54) is 6.07 Å². The van der Waals surface area contributed by atoms with Crippen LogP contribution in [0.5, 0.6) is 5.75 Å². The molecule has 19 heavy (non-hydrogen) atoms. The summed E-state index contributed by atoms with van der Waals surface area (Å²) in [5, 5.41) is 18.8. The van der Waals surface area contributed by atoms with Gasteiger partial charge < -0.3 is 14.9 Å². The Morgan fingerprint density at radius 2 is 2.26 bits per heavy atom. The Morgan fingerprint density at radius 1 is 1.42 bits per heavy atom. The molecule has 0 aromatic heterocycles. The van der Waals surface area contributed by atoms with Gasteiger partial charge in [0, 0.05) is 31.5 Å². The molecule has 2 heterocycles. The summed E-state index contributed by atoms with van der Waals surface area (Å²) in [6, 6.07) is 3.33. The monoisotopic (exact) mass is 267 g/mol. The van der Waals surface area contributed by atoms with Crippen molar-refractivity contribution in [3.63, 3.8) is 0 Å². The number of benzene rings is 1. The number of fused-ring (bicyclic) bond motifs is 1. The van der Waals surface area contributed by atoms with Crippen LogP contribution in [0.15, 0.2) is 12.1 Å². The second kappa shape index (κ2) is 5.07. The average Bonchev–Trinajstić information content (AvgIpc) is 2.96. The van der Waals surface area contributed by atoms with E-state index in [9.17, 15) is 9.50 Å². The van der Waals surface area contributed by atoms with Crippen molar-refractivity contribution in [2.75, 3.05) is 26.3 Å². The lowest BCUT2D eigenvalue weighted by molar-refractivity contribution is 0.0277. The van der Waals surface area contributed by atoms with Crippen LogP contribution in [0, 0.1) is 5.82 Å². The van der Waals surface area contributed by atoms with E-state index in [0.717, 1.165) is 12.0 Å². The Kier molecular flexibility index (Phi) is 3.43. The maximum absolute atomic E-state index is 14.1. The summed E-state index contributed by atoms with van der Waals surface area (Å²) in [5.74, 6) is 0.364. The summed E-state index contributed by atoms with van der Waals surface area (Å²) in [7, 11) is 0. The molecule has 2 N–H and O–H groups in total. The molecule has 2 aliphatic rings. The maximum atomic E-state index is 14.1. The number of aliphatic hydroxyl groups is 2. The molecule has 2 aliphatic heterocycles. The number of nitrogens with zero attached hydrogens (tertiary/aromatic N) is 1. The molecule has 1 unspecified atom stereocenters. The van der Waals surface area contributed by atoms with Crippen molar-refractivity contribution in [1.29, 1.82) is 0 Å². The lowest BCUT2D eigenvalue weighted by Gasteiger charge is -2.18. The molecule has 3 rings (SSSR count). The molecule has 1 saturated heterocycles. The first kappa shape index (κ1) is 12.8. The number of rotatable bonds is 3. The Morgan fingerprint density at radius 3 is 3.05 bits per heavy atom. The SMILES string of the molecule is OCCN1C[C@@H](c2cc3c(cc2F)OCC3)CC1O. The zero-order chi connectivity index (χ0) is 13.4. The molecule has 0 amide bonds. The van der Waals surface area contributed by atoms with E-state index >= 15 is 0 Å². The summed E-state index contributed by atoms with van der Waals surface area (Å²) < 4.78 is 19.5. The smallest absolute Gasteiger partial charge is 0.130 e. The average molecular weight is 267 g/mol. The molecule has 1 aromatic rings. The van der Waals surface area contributed by atoms with Crippen LogP contribution in [0.2, 0.25) is 0 Å². The lowest BCUT2D eigenvalue weighted by atomic mass is 9.95. The fraction of sp³-hybridized carbons (Fsp3) is 0.571. The van der Waals surface area contributed by atoms with E-state index in [2.05, 4.69) is 0 Å². The molecule has 0 saturated carbocycles. The van der Waals surface area contributed by atoms with Gasteiger partial charge in [-0.25, -0.2) is 4.39 Å². The second-order valence-electron chi connectivity index (χ2n) is 5.21. The molecule has 0 radical (unpaired) electrons. The van der Waals surface area contributed by atoms with Crippen molar-refractivity contribution in [3.8, 4) is 5.75 Å². The van der Waals surface area contributed by atoms with Crippen molar-refractivity contribution in [1.82, 2.24) is 4.90 Å². The fourth-order valence-corrected chi connectivity index (χ4v) is 3.01. The second-order valence-corrected chi connectivity index (χ2v) is 5.21. The standard InChI is InChI=1S/C14H18FNO3/c15-12-7-13-9(1-4-19-13)5-11(12)10-6-14(18)16(8-10)2-3-17/h5,7,10,14,17-18H,1-4,6,8H2/t10-,14?/m0/s1. The molecule has 0 spiro atoms. The molecule has 1 fully saturated rings. The normalized spacial score (nSPS) is 26.5. The minimum Gasteiger partial charge on any atom is -0.493 e. The summed E-state index contributed by atoms with van der Waals surface area (Å²) in [4.78, 5) is 1.79. The molecule has 1 aromatic carbocycles. The first-order valence-electron chi connectivity index (χ1n) is 6.67. The lowest BCUT2D eigenvalue weighted by Crippen LogP contribution is -2.31. The minimum atomic E-state index is -0.596. The van der Waals surface area contributed by atoms with Gasteiger partial charge >= 0.3 is 0 Å². The first-order valence-corrected chi connectivity index (χ1v) is 6.67. The largest absolute Gasteiger partial charge is 0.493 e. The number of ether oxygens (including phenoxy) is 1. The molecular formula is C14H18FNO3. The molecule has 5 heteroatoms. The highest BCUT2D eigenvalue weighted by molar-refractivity contribution is 5.42. The highest BCUT2D eigenvalue weighted by Crippen LogP contribution is 2.36. The molecule has 104 valence electrons. The highest BCUT2D eigenvalue weighted by Gasteiger charge is 2.33. The van der Waals surface area contributed by atoms with Gasteiger partial charge in [-0.2, -0.15) is 0 Å². The quantitative estimate of drug-likeness (QED) is 0.853. The topological polar surface area (TPSA) is 52.9 Å². The third kappa shape index (κ3) is 2.33. The van der Waals surface area contributed by atoms with Crippen LogP contribution in [0.3, 0.4) is 0 Å². The van der Waals surface area contributed by atoms with Crippen LogP contribution in [0.1, 0.15) is 23.5 Å². The number of likely N-dealkylation sites (tertiary alicyclic amines) is 1. The van der Waals surface area contributed by atoms with Crippen LogP contribution in [0.25, 0.3) is 0 Å². The molecule has 2 atom stereocenters. The Labute approximate surface area is 111 Å². The van der Waals surface area contributed by atoms with E-state index in [1.54, 1.807) is 4.90 Å². The molecule has 0 aliphatic carbocycles. The Bertz CT molecular complexity index is 480. The van der Waals surface area contributed by atoms with Crippen LogP contribution in [-0.4, -0.2) is 47.6 Å². The van der Waals surface area contributed by atoms with Gasteiger partial charge in [-0.05, 0) is 23.6 Å². The van der Waals surface area contributed by atoms with Crippen LogP contribution < -0.4 is 4.74 Å². The predicted molar refractivity (Wildman–Crippen MR) is 67.6 cm³/mol. The van der Waals surface area contributed by atoms with Gasteiger partial charge in [0.2, 0.25) is 0 Å². The van der Waals surface area contributed by atoms with Crippen LogP contribution in [-0.2, 0) is 6.42 Å². The highest BCUT2D eigenvalue weighted by atomic mass is 19.1. The molecule has 4 nitrogen and oxygen atoms in total. The van der Waals surface area contributed by atoms with Crippen molar-refractivity contribution < 1.29 is 19.3 Å². The number of hydrogen-bond acceptors (Lipinski definition) is 4. The van der Waals surface area contributed by atoms with Gasteiger partial charge in [-0.15, -0.1) is 0 Å². The third-order valence-electron chi connectivity index (χ3n) is 4.01. The van der Waals surface area contributed by atoms with Gasteiger partial charge in [-0.1, -0.05) is 0 Å². The number of halogens is 1. The summed E-state index contributed by atoms with van der Waals surface area (Å²) in [6.45, 7) is 1.62. The minimum absolute atomic E-state index is 0.00426. The molecular weight excluding hydrogens is 249 g/mol. The van der Waals surface area contributed by atoms with Crippen molar-refractivity contribution in [2.45, 2.75) is 25.0 Å². The van der Waals surface area contributed by atoms with Crippen LogP contribution in [0.4, 0.5) is 4.39 Å². The van der Waals surface area contributed by atoms with Crippen molar-refractivity contribution in [3.05, 3.63) is 29.1 Å². The Hall–Kier alpha value is -1.17. The van der Waals surface area contributed by atoms with Gasteiger partial charge in [0.15, 0.2) is 0 Å². The summed E-state index contributed by atoms with van der Waals surface area (Å²) >= 11 is 0. The summed E-state index contributed by atoms with van der Waals surface area (Å²) in [6.07, 6.45) is 0.732. The number of hydrogen-bond donors (Lipinski definition) is 2. The number of aliphatic hydroxyl groups excluding tert-OH is 2.